The molecular weight excluding hydrogens is 475 g/mol. The van der Waals surface area contributed by atoms with Crippen molar-refractivity contribution in [1.82, 2.24) is 9.55 Å². The summed E-state index contributed by atoms with van der Waals surface area (Å²) in [6.45, 7) is 4.72. The Hall–Kier alpha value is -4.66. The van der Waals surface area contributed by atoms with Crippen LogP contribution < -0.4 is 26.0 Å². The molecule has 9 heteroatoms. The molecular formula is C28H25FN4O4. The van der Waals surface area contributed by atoms with Crippen LogP contribution in [0.15, 0.2) is 78.0 Å². The van der Waals surface area contributed by atoms with Crippen LogP contribution in [0.5, 0.6) is 17.2 Å². The molecule has 2 aromatic heterocycles. The molecule has 3 heterocycles. The van der Waals surface area contributed by atoms with E-state index in [0.717, 1.165) is 0 Å². The molecule has 37 heavy (non-hydrogen) atoms. The number of fused-ring (bicyclic) bond motifs is 1. The lowest BCUT2D eigenvalue weighted by Gasteiger charge is -2.16. The number of ether oxygens (including phenoxy) is 2. The predicted octanol–water partition coefficient (Wildman–Crippen LogP) is 4.76. The highest BCUT2D eigenvalue weighted by Gasteiger charge is 2.24. The average Bonchev–Trinajstić information content (AvgIpc) is 3.03. The molecule has 0 bridgehead atoms. The zero-order valence-electron chi connectivity index (χ0n) is 20.3. The van der Waals surface area contributed by atoms with Gasteiger partial charge in [-0.15, -0.1) is 0 Å². The number of nitrogens with zero attached hydrogens (tertiary/aromatic N) is 2. The molecule has 188 valence electrons. The largest absolute Gasteiger partial charge is 0.486 e. The Bertz CT molecular complexity index is 1520. The number of carbonyl (C=O) groups is 1. The van der Waals surface area contributed by atoms with Gasteiger partial charge in [0.25, 0.3) is 5.91 Å². The van der Waals surface area contributed by atoms with Crippen LogP contribution >= 0.6 is 0 Å². The van der Waals surface area contributed by atoms with Gasteiger partial charge in [-0.05, 0) is 48.9 Å². The van der Waals surface area contributed by atoms with Crippen molar-refractivity contribution in [2.24, 2.45) is 11.7 Å². The first-order chi connectivity index (χ1) is 17.8. The van der Waals surface area contributed by atoms with E-state index in [0.29, 0.717) is 46.8 Å². The lowest BCUT2D eigenvalue weighted by Crippen LogP contribution is -2.25. The van der Waals surface area contributed by atoms with Crippen molar-refractivity contribution in [2.45, 2.75) is 19.9 Å². The maximum atomic E-state index is 13.4. The molecule has 4 aromatic rings. The van der Waals surface area contributed by atoms with Crippen molar-refractivity contribution >= 4 is 11.7 Å². The maximum absolute atomic E-state index is 13.4. The van der Waals surface area contributed by atoms with E-state index in [4.69, 9.17) is 15.2 Å². The van der Waals surface area contributed by atoms with Gasteiger partial charge in [0.2, 0.25) is 11.2 Å². The second kappa shape index (κ2) is 9.77. The molecule has 0 saturated heterocycles. The van der Waals surface area contributed by atoms with Crippen LogP contribution in [-0.2, 0) is 0 Å². The van der Waals surface area contributed by atoms with Crippen LogP contribution in [0.1, 0.15) is 24.2 Å². The standard InChI is InChI=1S/C28H25FN4O4/c1-16-15-36-26-24(11-12-31-28(26)32-17(16)2)37-21-9-7-20(8-10-21)33-13-22(18-3-5-19(29)6-4-18)25(34)23(14-33)27(30)35/h3-14,16-17H,15H2,1-2H3,(H2,30,35)(H,31,32). The van der Waals surface area contributed by atoms with Gasteiger partial charge in [-0.25, -0.2) is 9.37 Å². The Morgan fingerprint density at radius 3 is 2.54 bits per heavy atom. The molecule has 8 nitrogen and oxygen atoms in total. The minimum atomic E-state index is -0.849. The highest BCUT2D eigenvalue weighted by molar-refractivity contribution is 5.93. The first-order valence-electron chi connectivity index (χ1n) is 11.8. The Balaban J connectivity index is 1.46. The summed E-state index contributed by atoms with van der Waals surface area (Å²) in [6, 6.07) is 14.5. The van der Waals surface area contributed by atoms with E-state index >= 15 is 0 Å². The van der Waals surface area contributed by atoms with Gasteiger partial charge in [0.05, 0.1) is 6.61 Å². The number of hydrogen-bond acceptors (Lipinski definition) is 6. The summed E-state index contributed by atoms with van der Waals surface area (Å²) in [6.07, 6.45) is 4.63. The van der Waals surface area contributed by atoms with Crippen molar-refractivity contribution in [3.8, 4) is 34.1 Å². The summed E-state index contributed by atoms with van der Waals surface area (Å²) in [5.74, 6) is 1.29. The number of nitrogens with two attached hydrogens (primary N) is 1. The number of nitrogens with one attached hydrogen (secondary N) is 1. The smallest absolute Gasteiger partial charge is 0.254 e. The molecule has 2 atom stereocenters. The third kappa shape index (κ3) is 4.88. The van der Waals surface area contributed by atoms with E-state index in [1.54, 1.807) is 47.3 Å². The maximum Gasteiger partial charge on any atom is 0.254 e. The normalized spacial score (nSPS) is 16.6. The molecule has 1 aliphatic heterocycles. The number of benzene rings is 2. The highest BCUT2D eigenvalue weighted by Crippen LogP contribution is 2.39. The minimum absolute atomic E-state index is 0.172. The van der Waals surface area contributed by atoms with Gasteiger partial charge in [-0.2, -0.15) is 0 Å². The van der Waals surface area contributed by atoms with Gasteiger partial charge in [-0.1, -0.05) is 19.1 Å². The highest BCUT2D eigenvalue weighted by atomic mass is 19.1. The summed E-state index contributed by atoms with van der Waals surface area (Å²) in [5.41, 5.74) is 6.14. The number of halogens is 1. The van der Waals surface area contributed by atoms with Crippen LogP contribution in [0.4, 0.5) is 10.2 Å². The summed E-state index contributed by atoms with van der Waals surface area (Å²) in [5, 5.41) is 3.37. The number of pyridine rings is 2. The quantitative estimate of drug-likeness (QED) is 0.409. The van der Waals surface area contributed by atoms with Crippen molar-refractivity contribution in [3.05, 3.63) is 94.8 Å². The second-order valence-electron chi connectivity index (χ2n) is 9.00. The van der Waals surface area contributed by atoms with Crippen molar-refractivity contribution in [1.29, 1.82) is 0 Å². The fraction of sp³-hybridized carbons (Fsp3) is 0.179. The SMILES string of the molecule is CC1COc2c(Oc3ccc(-n4cc(C(N)=O)c(=O)c(-c5ccc(F)cc5)c4)cc3)ccnc2NC1C. The molecule has 2 aromatic carbocycles. The summed E-state index contributed by atoms with van der Waals surface area (Å²) in [4.78, 5) is 29.2. The summed E-state index contributed by atoms with van der Waals surface area (Å²) < 4.78 is 27.1. The van der Waals surface area contributed by atoms with E-state index in [2.05, 4.69) is 24.1 Å². The van der Waals surface area contributed by atoms with Crippen LogP contribution in [0.2, 0.25) is 0 Å². The Morgan fingerprint density at radius 2 is 1.84 bits per heavy atom. The molecule has 3 N–H and O–H groups in total. The Labute approximate surface area is 212 Å². The Kier molecular flexibility index (Phi) is 6.35. The number of carbonyl (C=O) groups excluding carboxylic acids is 1. The first kappa shape index (κ1) is 24.1. The van der Waals surface area contributed by atoms with Crippen molar-refractivity contribution in [3.63, 3.8) is 0 Å². The van der Waals surface area contributed by atoms with Crippen molar-refractivity contribution in [2.75, 3.05) is 11.9 Å². The van der Waals surface area contributed by atoms with E-state index in [-0.39, 0.29) is 17.2 Å². The molecule has 5 rings (SSSR count). The van der Waals surface area contributed by atoms with Crippen LogP contribution in [0, 0.1) is 11.7 Å². The van der Waals surface area contributed by atoms with Gasteiger partial charge in [0, 0.05) is 47.9 Å². The zero-order valence-corrected chi connectivity index (χ0v) is 20.3. The molecule has 2 unspecified atom stereocenters. The third-order valence-corrected chi connectivity index (χ3v) is 6.39. The number of amides is 1. The first-order valence-corrected chi connectivity index (χ1v) is 11.8. The molecule has 0 aliphatic carbocycles. The summed E-state index contributed by atoms with van der Waals surface area (Å²) >= 11 is 0. The van der Waals surface area contributed by atoms with Gasteiger partial charge >= 0.3 is 0 Å². The van der Waals surface area contributed by atoms with Gasteiger partial charge in [0.15, 0.2) is 11.6 Å². The number of rotatable bonds is 5. The molecule has 0 spiro atoms. The summed E-state index contributed by atoms with van der Waals surface area (Å²) in [7, 11) is 0. The second-order valence-corrected chi connectivity index (χ2v) is 9.00. The van der Waals surface area contributed by atoms with Crippen molar-refractivity contribution < 1.29 is 18.7 Å². The lowest BCUT2D eigenvalue weighted by molar-refractivity contribution is 0.0998. The molecule has 0 fully saturated rings. The zero-order chi connectivity index (χ0) is 26.1. The van der Waals surface area contributed by atoms with E-state index in [9.17, 15) is 14.0 Å². The monoisotopic (exact) mass is 500 g/mol. The third-order valence-electron chi connectivity index (χ3n) is 6.39. The van der Waals surface area contributed by atoms with E-state index in [1.807, 2.05) is 0 Å². The van der Waals surface area contributed by atoms with Crippen LogP contribution in [0.25, 0.3) is 16.8 Å². The number of primary amides is 1. The molecule has 0 radical (unpaired) electrons. The van der Waals surface area contributed by atoms with Gasteiger partial charge in [0.1, 0.15) is 17.1 Å². The fourth-order valence-electron chi connectivity index (χ4n) is 4.02. The Morgan fingerprint density at radius 1 is 1.11 bits per heavy atom. The average molecular weight is 501 g/mol. The molecule has 0 saturated carbocycles. The van der Waals surface area contributed by atoms with Gasteiger partial charge in [-0.3, -0.25) is 9.59 Å². The molecule has 1 amide bonds. The van der Waals surface area contributed by atoms with Gasteiger partial charge < -0.3 is 25.1 Å². The van der Waals surface area contributed by atoms with E-state index < -0.39 is 17.2 Å². The lowest BCUT2D eigenvalue weighted by atomic mass is 10.0. The van der Waals surface area contributed by atoms with E-state index in [1.165, 1.54) is 30.5 Å². The predicted molar refractivity (Wildman–Crippen MR) is 138 cm³/mol. The molecule has 1 aliphatic rings. The van der Waals surface area contributed by atoms with Crippen LogP contribution in [-0.4, -0.2) is 28.1 Å². The number of hydrogen-bond donors (Lipinski definition) is 2. The number of anilines is 1. The fourth-order valence-corrected chi connectivity index (χ4v) is 4.02. The topological polar surface area (TPSA) is 108 Å². The number of aromatic nitrogens is 2. The van der Waals surface area contributed by atoms with Crippen LogP contribution in [0.3, 0.4) is 0 Å². The minimum Gasteiger partial charge on any atom is -0.486 e.